The molecular weight excluding hydrogens is 462 g/mol. The topological polar surface area (TPSA) is 58.1 Å². The SMILES string of the molecule is CN=C(NCCc1cc(F)cc2c1OCOC2)NC1CCN(C2CC2)C1.I. The van der Waals surface area contributed by atoms with Gasteiger partial charge in [0.2, 0.25) is 0 Å². The summed E-state index contributed by atoms with van der Waals surface area (Å²) < 4.78 is 24.6. The molecule has 1 aromatic rings. The minimum atomic E-state index is -0.249. The molecule has 27 heavy (non-hydrogen) atoms. The number of rotatable bonds is 5. The van der Waals surface area contributed by atoms with Crippen molar-refractivity contribution in [1.82, 2.24) is 15.5 Å². The molecule has 2 heterocycles. The van der Waals surface area contributed by atoms with Crippen molar-refractivity contribution in [1.29, 1.82) is 0 Å². The molecule has 2 fully saturated rings. The Morgan fingerprint density at radius 2 is 2.19 bits per heavy atom. The van der Waals surface area contributed by atoms with E-state index in [4.69, 9.17) is 9.47 Å². The fourth-order valence-electron chi connectivity index (χ4n) is 3.82. The second-order valence-corrected chi connectivity index (χ2v) is 7.27. The Morgan fingerprint density at radius 3 is 2.96 bits per heavy atom. The second-order valence-electron chi connectivity index (χ2n) is 7.27. The maximum atomic E-state index is 13.8. The molecule has 8 heteroatoms. The van der Waals surface area contributed by atoms with Gasteiger partial charge in [-0.1, -0.05) is 0 Å². The van der Waals surface area contributed by atoms with Crippen molar-refractivity contribution in [2.24, 2.45) is 4.99 Å². The molecule has 4 rings (SSSR count). The summed E-state index contributed by atoms with van der Waals surface area (Å²) in [6, 6.07) is 4.30. The Balaban J connectivity index is 0.00000210. The smallest absolute Gasteiger partial charge is 0.191 e. The molecule has 2 N–H and O–H groups in total. The van der Waals surface area contributed by atoms with Crippen LogP contribution in [0.15, 0.2) is 17.1 Å². The van der Waals surface area contributed by atoms with Gasteiger partial charge < -0.3 is 20.1 Å². The normalized spacial score (nSPS) is 22.6. The average Bonchev–Trinajstić information content (AvgIpc) is 3.40. The highest BCUT2D eigenvalue weighted by molar-refractivity contribution is 14.0. The zero-order valence-electron chi connectivity index (χ0n) is 15.7. The van der Waals surface area contributed by atoms with Gasteiger partial charge in [-0.15, -0.1) is 24.0 Å². The summed E-state index contributed by atoms with van der Waals surface area (Å²) >= 11 is 0. The number of nitrogens with one attached hydrogen (secondary N) is 2. The van der Waals surface area contributed by atoms with Gasteiger partial charge in [-0.25, -0.2) is 4.39 Å². The van der Waals surface area contributed by atoms with Crippen LogP contribution in [0.25, 0.3) is 0 Å². The first-order valence-corrected chi connectivity index (χ1v) is 9.46. The largest absolute Gasteiger partial charge is 0.467 e. The van der Waals surface area contributed by atoms with E-state index in [0.717, 1.165) is 41.8 Å². The number of nitrogens with zero attached hydrogens (tertiary/aromatic N) is 2. The highest BCUT2D eigenvalue weighted by Gasteiger charge is 2.34. The van der Waals surface area contributed by atoms with Gasteiger partial charge in [0.05, 0.1) is 6.61 Å². The van der Waals surface area contributed by atoms with E-state index in [0.29, 0.717) is 25.6 Å². The predicted octanol–water partition coefficient (Wildman–Crippen LogP) is 2.25. The van der Waals surface area contributed by atoms with E-state index in [1.165, 1.54) is 25.5 Å². The zero-order valence-corrected chi connectivity index (χ0v) is 18.0. The van der Waals surface area contributed by atoms with Crippen LogP contribution < -0.4 is 15.4 Å². The van der Waals surface area contributed by atoms with Crippen molar-refractivity contribution in [3.63, 3.8) is 0 Å². The van der Waals surface area contributed by atoms with Gasteiger partial charge in [-0.2, -0.15) is 0 Å². The first-order valence-electron chi connectivity index (χ1n) is 9.46. The average molecular weight is 490 g/mol. The van der Waals surface area contributed by atoms with Gasteiger partial charge in [0, 0.05) is 44.3 Å². The molecule has 2 aliphatic heterocycles. The van der Waals surface area contributed by atoms with E-state index < -0.39 is 0 Å². The van der Waals surface area contributed by atoms with Crippen LogP contribution in [-0.2, 0) is 17.8 Å². The van der Waals surface area contributed by atoms with Crippen molar-refractivity contribution in [2.75, 3.05) is 33.5 Å². The maximum Gasteiger partial charge on any atom is 0.191 e. The fourth-order valence-corrected chi connectivity index (χ4v) is 3.82. The van der Waals surface area contributed by atoms with Crippen molar-refractivity contribution >= 4 is 29.9 Å². The molecule has 1 saturated heterocycles. The monoisotopic (exact) mass is 490 g/mol. The summed E-state index contributed by atoms with van der Waals surface area (Å²) in [5.74, 6) is 1.32. The Labute approximate surface area is 176 Å². The van der Waals surface area contributed by atoms with Gasteiger partial charge in [-0.05, 0) is 43.4 Å². The third-order valence-electron chi connectivity index (χ3n) is 5.29. The van der Waals surface area contributed by atoms with E-state index >= 15 is 0 Å². The summed E-state index contributed by atoms with van der Waals surface area (Å²) in [6.45, 7) is 3.56. The minimum Gasteiger partial charge on any atom is -0.467 e. The van der Waals surface area contributed by atoms with E-state index in [2.05, 4.69) is 20.5 Å². The fraction of sp³-hybridized carbons (Fsp3) is 0.632. The highest BCUT2D eigenvalue weighted by atomic mass is 127. The van der Waals surface area contributed by atoms with Crippen LogP contribution in [0.5, 0.6) is 5.75 Å². The van der Waals surface area contributed by atoms with E-state index in [1.807, 2.05) is 0 Å². The Bertz CT molecular complexity index is 684. The maximum absolute atomic E-state index is 13.8. The molecule has 1 atom stereocenters. The summed E-state index contributed by atoms with van der Waals surface area (Å²) in [7, 11) is 1.79. The molecule has 6 nitrogen and oxygen atoms in total. The van der Waals surface area contributed by atoms with Gasteiger partial charge in [0.25, 0.3) is 0 Å². The number of guanidine groups is 1. The number of benzene rings is 1. The van der Waals surface area contributed by atoms with E-state index in [-0.39, 0.29) is 36.6 Å². The molecule has 1 unspecified atom stereocenters. The van der Waals surface area contributed by atoms with Crippen molar-refractivity contribution in [3.05, 3.63) is 29.1 Å². The summed E-state index contributed by atoms with van der Waals surface area (Å²) in [6.07, 6.45) is 4.53. The Hall–Kier alpha value is -1.13. The lowest BCUT2D eigenvalue weighted by Crippen LogP contribution is -2.45. The lowest BCUT2D eigenvalue weighted by molar-refractivity contribution is -0.0172. The molecule has 1 aliphatic carbocycles. The van der Waals surface area contributed by atoms with Crippen molar-refractivity contribution in [2.45, 2.75) is 44.4 Å². The number of hydrogen-bond acceptors (Lipinski definition) is 4. The molecule has 1 saturated carbocycles. The first-order chi connectivity index (χ1) is 12.7. The van der Waals surface area contributed by atoms with E-state index in [1.54, 1.807) is 13.1 Å². The Kier molecular flexibility index (Phi) is 7.16. The first kappa shape index (κ1) is 20.6. The van der Waals surface area contributed by atoms with Crippen LogP contribution in [0, 0.1) is 5.82 Å². The van der Waals surface area contributed by atoms with Crippen molar-refractivity contribution in [3.8, 4) is 5.75 Å². The van der Waals surface area contributed by atoms with Crippen LogP contribution in [0.3, 0.4) is 0 Å². The highest BCUT2D eigenvalue weighted by Crippen LogP contribution is 2.30. The lowest BCUT2D eigenvalue weighted by atomic mass is 10.1. The van der Waals surface area contributed by atoms with Crippen LogP contribution in [-0.4, -0.2) is 56.4 Å². The molecule has 1 aromatic carbocycles. The molecule has 150 valence electrons. The van der Waals surface area contributed by atoms with Crippen LogP contribution in [0.1, 0.15) is 30.4 Å². The molecule has 0 spiro atoms. The number of hydrogen-bond donors (Lipinski definition) is 2. The summed E-state index contributed by atoms with van der Waals surface area (Å²) in [4.78, 5) is 6.90. The standard InChI is InChI=1S/C19H27FN4O2.HI/c1-21-19(23-16-5-7-24(10-16)17-2-3-17)22-6-4-13-8-15(20)9-14-11-25-12-26-18(13)14;/h8-9,16-17H,2-7,10-12H2,1H3,(H2,21,22,23);1H. The minimum absolute atomic E-state index is 0. The Morgan fingerprint density at radius 1 is 1.33 bits per heavy atom. The third kappa shape index (κ3) is 5.23. The van der Waals surface area contributed by atoms with Crippen molar-refractivity contribution < 1.29 is 13.9 Å². The molecule has 3 aliphatic rings. The number of aliphatic imine (C=N–C) groups is 1. The molecule has 0 radical (unpaired) electrons. The van der Waals surface area contributed by atoms with Gasteiger partial charge in [0.15, 0.2) is 12.8 Å². The van der Waals surface area contributed by atoms with E-state index in [9.17, 15) is 4.39 Å². The quantitative estimate of drug-likeness (QED) is 0.377. The zero-order chi connectivity index (χ0) is 17.9. The number of ether oxygens (including phenoxy) is 2. The lowest BCUT2D eigenvalue weighted by Gasteiger charge is -2.21. The summed E-state index contributed by atoms with van der Waals surface area (Å²) in [5, 5.41) is 6.85. The molecule has 0 aromatic heterocycles. The second kappa shape index (κ2) is 9.38. The van der Waals surface area contributed by atoms with Crippen LogP contribution in [0.4, 0.5) is 4.39 Å². The van der Waals surface area contributed by atoms with Gasteiger partial charge in [-0.3, -0.25) is 9.89 Å². The van der Waals surface area contributed by atoms with Crippen LogP contribution >= 0.6 is 24.0 Å². The number of halogens is 2. The molecule has 0 amide bonds. The molecular formula is C19H28FIN4O2. The third-order valence-corrected chi connectivity index (χ3v) is 5.29. The van der Waals surface area contributed by atoms with Crippen LogP contribution in [0.2, 0.25) is 0 Å². The number of likely N-dealkylation sites (tertiary alicyclic amines) is 1. The number of fused-ring (bicyclic) bond motifs is 1. The predicted molar refractivity (Wildman–Crippen MR) is 113 cm³/mol. The van der Waals surface area contributed by atoms with Gasteiger partial charge in [0.1, 0.15) is 11.6 Å². The summed E-state index contributed by atoms with van der Waals surface area (Å²) in [5.41, 5.74) is 1.65. The molecule has 0 bridgehead atoms. The van der Waals surface area contributed by atoms with Gasteiger partial charge >= 0.3 is 0 Å².